The molecule has 2 aromatic carbocycles. The Hall–Kier alpha value is -4.16. The lowest BCUT2D eigenvalue weighted by Crippen LogP contribution is -2.54. The highest BCUT2D eigenvalue weighted by Gasteiger charge is 2.33. The summed E-state index contributed by atoms with van der Waals surface area (Å²) in [6, 6.07) is 8.68. The van der Waals surface area contributed by atoms with Crippen molar-refractivity contribution < 1.29 is 33.3 Å². The number of hydrogen-bond acceptors (Lipinski definition) is 9. The first-order chi connectivity index (χ1) is 22.9. The first-order valence-electron chi connectivity index (χ1n) is 16.6. The quantitative estimate of drug-likeness (QED) is 0.196. The van der Waals surface area contributed by atoms with Crippen LogP contribution >= 0.6 is 11.6 Å². The summed E-state index contributed by atoms with van der Waals surface area (Å²) in [5, 5.41) is 9.75. The van der Waals surface area contributed by atoms with Crippen molar-refractivity contribution in [3.05, 3.63) is 41.6 Å². The van der Waals surface area contributed by atoms with Gasteiger partial charge in [-0.2, -0.15) is 0 Å². The third-order valence-corrected chi connectivity index (χ3v) is 8.72. The van der Waals surface area contributed by atoms with Crippen molar-refractivity contribution in [3.63, 3.8) is 0 Å². The molecule has 258 valence electrons. The summed E-state index contributed by atoms with van der Waals surface area (Å²) in [6.07, 6.45) is 5.79. The van der Waals surface area contributed by atoms with Gasteiger partial charge in [-0.15, -0.1) is 0 Å². The van der Waals surface area contributed by atoms with E-state index in [0.717, 1.165) is 51.7 Å². The zero-order valence-electron chi connectivity index (χ0n) is 27.9. The summed E-state index contributed by atoms with van der Waals surface area (Å²) in [4.78, 5) is 31.4. The van der Waals surface area contributed by atoms with Crippen molar-refractivity contribution in [1.29, 1.82) is 0 Å². The summed E-state index contributed by atoms with van der Waals surface area (Å²) in [5.74, 6) is 2.62. The number of halogens is 1. The number of fused-ring (bicyclic) bond motifs is 3. The van der Waals surface area contributed by atoms with Crippen LogP contribution in [-0.4, -0.2) is 78.6 Å². The molecule has 0 unspecified atom stereocenters. The lowest BCUT2D eigenvalue weighted by Gasteiger charge is -2.40. The Bertz CT molecular complexity index is 1650. The Morgan fingerprint density at radius 1 is 1.06 bits per heavy atom. The van der Waals surface area contributed by atoms with Crippen LogP contribution in [0.4, 0.5) is 15.3 Å². The van der Waals surface area contributed by atoms with Crippen LogP contribution in [0.5, 0.6) is 28.7 Å². The van der Waals surface area contributed by atoms with E-state index >= 15 is 0 Å². The first kappa shape index (κ1) is 33.7. The molecule has 12 nitrogen and oxygen atoms in total. The third-order valence-electron chi connectivity index (χ3n) is 8.41. The molecule has 13 heteroatoms. The SMILES string of the molecule is CC1(NC(=O)OC(C)(C)C)CCN(CCCOc2cc3nccc(Oc4ccc(NC(=O)NC5CC5)c(Cl)c4)c3c3c2OCCO3)CC1. The van der Waals surface area contributed by atoms with Crippen LogP contribution in [0, 0.1) is 0 Å². The van der Waals surface area contributed by atoms with Crippen molar-refractivity contribution in [2.24, 2.45) is 0 Å². The molecule has 1 aromatic heterocycles. The number of likely N-dealkylation sites (tertiary alicyclic amines) is 1. The van der Waals surface area contributed by atoms with Gasteiger partial charge < -0.3 is 44.5 Å². The smallest absolute Gasteiger partial charge is 0.408 e. The second kappa shape index (κ2) is 14.1. The topological polar surface area (TPSA) is 133 Å². The molecule has 2 aliphatic heterocycles. The number of piperidine rings is 1. The maximum absolute atomic E-state index is 12.3. The number of carbonyl (C=O) groups is 2. The summed E-state index contributed by atoms with van der Waals surface area (Å²) in [6.45, 7) is 11.6. The number of anilines is 1. The van der Waals surface area contributed by atoms with Crippen LogP contribution in [0.2, 0.25) is 5.02 Å². The Kier molecular flexibility index (Phi) is 9.93. The van der Waals surface area contributed by atoms with E-state index in [2.05, 4.69) is 32.8 Å². The number of benzene rings is 2. The lowest BCUT2D eigenvalue weighted by molar-refractivity contribution is 0.0403. The number of urea groups is 1. The monoisotopic (exact) mass is 681 g/mol. The van der Waals surface area contributed by atoms with Crippen molar-refractivity contribution in [2.45, 2.75) is 77.0 Å². The maximum atomic E-state index is 12.3. The number of pyridine rings is 1. The van der Waals surface area contributed by atoms with Crippen LogP contribution in [0.1, 0.15) is 59.8 Å². The van der Waals surface area contributed by atoms with E-state index in [0.29, 0.717) is 70.2 Å². The van der Waals surface area contributed by atoms with Crippen LogP contribution in [0.15, 0.2) is 36.5 Å². The molecule has 0 bridgehead atoms. The van der Waals surface area contributed by atoms with E-state index in [-0.39, 0.29) is 23.7 Å². The number of ether oxygens (including phenoxy) is 5. The fraction of sp³-hybridized carbons (Fsp3) is 0.514. The molecule has 1 saturated carbocycles. The predicted octanol–water partition coefficient (Wildman–Crippen LogP) is 6.88. The summed E-state index contributed by atoms with van der Waals surface area (Å²) in [7, 11) is 0. The molecule has 3 aliphatic rings. The molecule has 6 rings (SSSR count). The second-order valence-corrected chi connectivity index (χ2v) is 14.2. The van der Waals surface area contributed by atoms with Crippen LogP contribution < -0.4 is 34.9 Å². The Morgan fingerprint density at radius 2 is 1.81 bits per heavy atom. The van der Waals surface area contributed by atoms with Gasteiger partial charge in [0.25, 0.3) is 0 Å². The molecular formula is C35H44ClN5O7. The molecule has 3 aromatic rings. The van der Waals surface area contributed by atoms with Crippen molar-refractivity contribution in [1.82, 2.24) is 20.5 Å². The fourth-order valence-electron chi connectivity index (χ4n) is 5.74. The summed E-state index contributed by atoms with van der Waals surface area (Å²) in [5.41, 5.74) is 0.324. The average molecular weight is 682 g/mol. The number of amides is 3. The molecule has 48 heavy (non-hydrogen) atoms. The predicted molar refractivity (Wildman–Crippen MR) is 183 cm³/mol. The molecule has 0 spiro atoms. The molecular weight excluding hydrogens is 638 g/mol. The molecule has 3 heterocycles. The van der Waals surface area contributed by atoms with Crippen LogP contribution in [0.25, 0.3) is 10.9 Å². The van der Waals surface area contributed by atoms with Gasteiger partial charge in [-0.3, -0.25) is 4.98 Å². The normalized spacial score (nSPS) is 17.4. The summed E-state index contributed by atoms with van der Waals surface area (Å²) >= 11 is 6.49. The van der Waals surface area contributed by atoms with Gasteiger partial charge in [0, 0.05) is 49.5 Å². The molecule has 1 saturated heterocycles. The highest BCUT2D eigenvalue weighted by molar-refractivity contribution is 6.33. The van der Waals surface area contributed by atoms with Gasteiger partial charge >= 0.3 is 12.1 Å². The minimum Gasteiger partial charge on any atom is -0.489 e. The van der Waals surface area contributed by atoms with Gasteiger partial charge in [0.1, 0.15) is 30.3 Å². The number of nitrogens with zero attached hydrogens (tertiary/aromatic N) is 2. The van der Waals surface area contributed by atoms with Gasteiger partial charge in [-0.25, -0.2) is 9.59 Å². The van der Waals surface area contributed by atoms with Crippen LogP contribution in [0.3, 0.4) is 0 Å². The van der Waals surface area contributed by atoms with Gasteiger partial charge in [0.15, 0.2) is 11.5 Å². The molecule has 3 amide bonds. The zero-order chi connectivity index (χ0) is 33.9. The van der Waals surface area contributed by atoms with E-state index in [1.54, 1.807) is 30.5 Å². The Balaban J connectivity index is 1.07. The number of carbonyl (C=O) groups excluding carboxylic acids is 2. The number of alkyl carbamates (subject to hydrolysis) is 1. The maximum Gasteiger partial charge on any atom is 0.408 e. The first-order valence-corrected chi connectivity index (χ1v) is 17.0. The van der Waals surface area contributed by atoms with Crippen molar-refractivity contribution in [3.8, 4) is 28.7 Å². The highest BCUT2D eigenvalue weighted by Crippen LogP contribution is 2.48. The fourth-order valence-corrected chi connectivity index (χ4v) is 5.96. The van der Waals surface area contributed by atoms with E-state index in [1.807, 2.05) is 26.8 Å². The van der Waals surface area contributed by atoms with E-state index in [9.17, 15) is 9.59 Å². The van der Waals surface area contributed by atoms with Crippen molar-refractivity contribution >= 4 is 40.3 Å². The molecule has 3 N–H and O–H groups in total. The largest absolute Gasteiger partial charge is 0.489 e. The lowest BCUT2D eigenvalue weighted by atomic mass is 9.90. The Morgan fingerprint density at radius 3 is 2.52 bits per heavy atom. The van der Waals surface area contributed by atoms with Gasteiger partial charge in [-0.05, 0) is 78.0 Å². The summed E-state index contributed by atoms with van der Waals surface area (Å²) < 4.78 is 30.1. The molecule has 2 fully saturated rings. The van der Waals surface area contributed by atoms with Gasteiger partial charge in [0.05, 0.1) is 28.2 Å². The number of aromatic nitrogens is 1. The van der Waals surface area contributed by atoms with E-state index in [4.69, 9.17) is 35.3 Å². The second-order valence-electron chi connectivity index (χ2n) is 13.8. The molecule has 0 radical (unpaired) electrons. The minimum atomic E-state index is -0.523. The van der Waals surface area contributed by atoms with Crippen molar-refractivity contribution in [2.75, 3.05) is 44.8 Å². The third kappa shape index (κ3) is 8.65. The number of rotatable bonds is 10. The average Bonchev–Trinajstić information content (AvgIpc) is 3.84. The zero-order valence-corrected chi connectivity index (χ0v) is 28.7. The van der Waals surface area contributed by atoms with Crippen LogP contribution in [-0.2, 0) is 4.74 Å². The van der Waals surface area contributed by atoms with Gasteiger partial charge in [0.2, 0.25) is 5.75 Å². The molecule has 1 aliphatic carbocycles. The van der Waals surface area contributed by atoms with E-state index < -0.39 is 5.60 Å². The standard InChI is InChI=1S/C35H44ClN5O7/c1-34(2,3)48-33(43)40-35(4)11-15-41(16-12-35)14-5-17-44-28-21-26-29(31-30(28)45-18-19-46-31)27(10-13-37-26)47-23-8-9-25(24(36)20-23)39-32(42)38-22-6-7-22/h8-10,13,20-22H,5-7,11-12,14-19H2,1-4H3,(H,40,43)(H2,38,39,42). The number of nitrogens with one attached hydrogen (secondary N) is 3. The number of hydrogen-bond donors (Lipinski definition) is 3. The minimum absolute atomic E-state index is 0.240. The van der Waals surface area contributed by atoms with Gasteiger partial charge in [-0.1, -0.05) is 11.6 Å². The molecule has 0 atom stereocenters. The highest BCUT2D eigenvalue weighted by atomic mass is 35.5. The van der Waals surface area contributed by atoms with E-state index in [1.165, 1.54) is 0 Å². The Labute approximate surface area is 285 Å².